The topological polar surface area (TPSA) is 0 Å². The van der Waals surface area contributed by atoms with Crippen molar-refractivity contribution in [3.63, 3.8) is 0 Å². The molecule has 0 nitrogen and oxygen atoms in total. The third-order valence-corrected chi connectivity index (χ3v) is 5.78. The van der Waals surface area contributed by atoms with Crippen LogP contribution in [0.3, 0.4) is 0 Å². The van der Waals surface area contributed by atoms with Gasteiger partial charge in [0.1, 0.15) is 0 Å². The average molecular weight is 339 g/mol. The molecule has 2 atom stereocenters. The Labute approximate surface area is 155 Å². The van der Waals surface area contributed by atoms with E-state index in [1.54, 1.807) is 6.42 Å². The van der Waals surface area contributed by atoms with Crippen LogP contribution < -0.4 is 0 Å². The predicted octanol–water partition coefficient (Wildman–Crippen LogP) is 9.32. The summed E-state index contributed by atoms with van der Waals surface area (Å²) >= 11 is 0. The Hall–Kier alpha value is 0. The van der Waals surface area contributed by atoms with Crippen molar-refractivity contribution < 1.29 is 0 Å². The smallest absolute Gasteiger partial charge is 0.0412 e. The average Bonchev–Trinajstić information content (AvgIpc) is 2.60. The van der Waals surface area contributed by atoms with Gasteiger partial charge in [-0.2, -0.15) is 0 Å². The third-order valence-electron chi connectivity index (χ3n) is 5.78. The summed E-state index contributed by atoms with van der Waals surface area (Å²) in [7, 11) is 0. The van der Waals surface area contributed by atoms with Gasteiger partial charge in [0.15, 0.2) is 0 Å². The van der Waals surface area contributed by atoms with Gasteiger partial charge in [-0.3, -0.25) is 0 Å². The van der Waals surface area contributed by atoms with Gasteiger partial charge in [-0.05, 0) is 18.3 Å². The molecule has 0 heteroatoms. The van der Waals surface area contributed by atoms with Gasteiger partial charge in [0.05, 0.1) is 0 Å². The van der Waals surface area contributed by atoms with Crippen molar-refractivity contribution in [3.05, 3.63) is 0 Å². The van der Waals surface area contributed by atoms with Gasteiger partial charge in [0.25, 0.3) is 0 Å². The molecular weight excluding hydrogens is 288 g/mol. The van der Waals surface area contributed by atoms with Crippen LogP contribution in [0.25, 0.3) is 0 Å². The Kier molecular flexibility index (Phi) is 19.3. The SMILES string of the molecule is CCCCCCCC(CCCC)CC(CCCC)CCCCCC. The first-order valence-corrected chi connectivity index (χ1v) is 11.8. The van der Waals surface area contributed by atoms with Crippen LogP contribution in [0.2, 0.25) is 0 Å². The molecule has 2 unspecified atom stereocenters. The Morgan fingerprint density at radius 3 is 1.12 bits per heavy atom. The quantitative estimate of drug-likeness (QED) is 0.206. The van der Waals surface area contributed by atoms with Crippen LogP contribution in [-0.4, -0.2) is 0 Å². The molecule has 0 aliphatic carbocycles. The normalized spacial score (nSPS) is 14.0. The van der Waals surface area contributed by atoms with E-state index in [0.29, 0.717) is 0 Å². The van der Waals surface area contributed by atoms with E-state index in [1.807, 2.05) is 0 Å². The highest BCUT2D eigenvalue weighted by molar-refractivity contribution is 4.68. The minimum absolute atomic E-state index is 1.03. The first-order chi connectivity index (χ1) is 11.8. The molecular formula is C24H50. The zero-order chi connectivity index (χ0) is 17.9. The molecule has 0 N–H and O–H groups in total. The molecule has 0 aromatic carbocycles. The standard InChI is InChI=1S/C24H50/c1-5-9-13-15-17-21-24(19-12-8-4)22-23(18-11-7-3)20-16-14-10-6-2/h23-24H,5-22H2,1-4H3. The predicted molar refractivity (Wildman–Crippen MR) is 113 cm³/mol. The fourth-order valence-corrected chi connectivity index (χ4v) is 4.11. The van der Waals surface area contributed by atoms with Crippen molar-refractivity contribution in [1.82, 2.24) is 0 Å². The highest BCUT2D eigenvalue weighted by Gasteiger charge is 2.16. The largest absolute Gasteiger partial charge is 0.0654 e. The van der Waals surface area contributed by atoms with E-state index in [0.717, 1.165) is 11.8 Å². The van der Waals surface area contributed by atoms with E-state index < -0.39 is 0 Å². The summed E-state index contributed by atoms with van der Waals surface area (Å²) in [5, 5.41) is 0. The molecule has 0 saturated heterocycles. The molecule has 0 bridgehead atoms. The van der Waals surface area contributed by atoms with Gasteiger partial charge in [0.2, 0.25) is 0 Å². The zero-order valence-electron chi connectivity index (χ0n) is 17.9. The maximum Gasteiger partial charge on any atom is -0.0412 e. The lowest BCUT2D eigenvalue weighted by Gasteiger charge is -2.24. The molecule has 0 aliphatic rings. The van der Waals surface area contributed by atoms with E-state index in [2.05, 4.69) is 27.7 Å². The van der Waals surface area contributed by atoms with Crippen molar-refractivity contribution >= 4 is 0 Å². The molecule has 0 spiro atoms. The highest BCUT2D eigenvalue weighted by Crippen LogP contribution is 2.30. The van der Waals surface area contributed by atoms with Crippen LogP contribution in [0.1, 0.15) is 143 Å². The lowest BCUT2D eigenvalue weighted by Crippen LogP contribution is -2.10. The molecule has 0 radical (unpaired) electrons. The molecule has 0 rings (SSSR count). The number of unbranched alkanes of at least 4 members (excludes halogenated alkanes) is 9. The summed E-state index contributed by atoms with van der Waals surface area (Å²) in [6.07, 6.45) is 26.2. The fraction of sp³-hybridized carbons (Fsp3) is 1.00. The van der Waals surface area contributed by atoms with Gasteiger partial charge in [0, 0.05) is 0 Å². The van der Waals surface area contributed by atoms with E-state index in [-0.39, 0.29) is 0 Å². The van der Waals surface area contributed by atoms with Crippen molar-refractivity contribution in [2.45, 2.75) is 143 Å². The van der Waals surface area contributed by atoms with E-state index in [4.69, 9.17) is 0 Å². The van der Waals surface area contributed by atoms with E-state index >= 15 is 0 Å². The summed E-state index contributed by atoms with van der Waals surface area (Å²) < 4.78 is 0. The van der Waals surface area contributed by atoms with Crippen LogP contribution in [0.5, 0.6) is 0 Å². The second-order valence-corrected chi connectivity index (χ2v) is 8.30. The number of hydrogen-bond acceptors (Lipinski definition) is 0. The molecule has 0 aromatic rings. The molecule has 0 aliphatic heterocycles. The summed E-state index contributed by atoms with van der Waals surface area (Å²) in [5.74, 6) is 2.05. The van der Waals surface area contributed by atoms with Crippen molar-refractivity contribution in [3.8, 4) is 0 Å². The van der Waals surface area contributed by atoms with Crippen molar-refractivity contribution in [2.75, 3.05) is 0 Å². The Morgan fingerprint density at radius 1 is 0.375 bits per heavy atom. The van der Waals surface area contributed by atoms with Crippen molar-refractivity contribution in [1.29, 1.82) is 0 Å². The molecule has 0 saturated carbocycles. The molecule has 146 valence electrons. The molecule has 24 heavy (non-hydrogen) atoms. The van der Waals surface area contributed by atoms with E-state index in [9.17, 15) is 0 Å². The summed E-state index contributed by atoms with van der Waals surface area (Å²) in [6.45, 7) is 9.36. The van der Waals surface area contributed by atoms with Crippen LogP contribution >= 0.6 is 0 Å². The zero-order valence-corrected chi connectivity index (χ0v) is 17.9. The Morgan fingerprint density at radius 2 is 0.708 bits per heavy atom. The van der Waals surface area contributed by atoms with Gasteiger partial charge in [-0.1, -0.05) is 137 Å². The molecule has 0 heterocycles. The van der Waals surface area contributed by atoms with Crippen LogP contribution in [0, 0.1) is 11.8 Å². The van der Waals surface area contributed by atoms with Gasteiger partial charge < -0.3 is 0 Å². The second-order valence-electron chi connectivity index (χ2n) is 8.30. The molecule has 0 amide bonds. The molecule has 0 aromatic heterocycles. The first-order valence-electron chi connectivity index (χ1n) is 11.8. The van der Waals surface area contributed by atoms with E-state index in [1.165, 1.54) is 109 Å². The monoisotopic (exact) mass is 338 g/mol. The number of hydrogen-bond donors (Lipinski definition) is 0. The number of rotatable bonds is 19. The van der Waals surface area contributed by atoms with Gasteiger partial charge >= 0.3 is 0 Å². The lowest BCUT2D eigenvalue weighted by molar-refractivity contribution is 0.285. The maximum atomic E-state index is 2.36. The Balaban J connectivity index is 4.23. The van der Waals surface area contributed by atoms with Crippen LogP contribution in [0.4, 0.5) is 0 Å². The summed E-state index contributed by atoms with van der Waals surface area (Å²) in [4.78, 5) is 0. The first kappa shape index (κ1) is 24.0. The van der Waals surface area contributed by atoms with Gasteiger partial charge in [-0.15, -0.1) is 0 Å². The highest BCUT2D eigenvalue weighted by atomic mass is 14.2. The minimum atomic E-state index is 1.03. The van der Waals surface area contributed by atoms with Crippen LogP contribution in [-0.2, 0) is 0 Å². The maximum absolute atomic E-state index is 2.36. The second kappa shape index (κ2) is 19.3. The lowest BCUT2D eigenvalue weighted by atomic mass is 9.82. The fourth-order valence-electron chi connectivity index (χ4n) is 4.11. The van der Waals surface area contributed by atoms with Crippen molar-refractivity contribution in [2.24, 2.45) is 11.8 Å². The van der Waals surface area contributed by atoms with Crippen LogP contribution in [0.15, 0.2) is 0 Å². The summed E-state index contributed by atoms with van der Waals surface area (Å²) in [5.41, 5.74) is 0. The Bertz CT molecular complexity index is 220. The molecule has 0 fully saturated rings. The summed E-state index contributed by atoms with van der Waals surface area (Å²) in [6, 6.07) is 0. The minimum Gasteiger partial charge on any atom is -0.0654 e. The third kappa shape index (κ3) is 15.5. The van der Waals surface area contributed by atoms with Gasteiger partial charge in [-0.25, -0.2) is 0 Å².